The highest BCUT2D eigenvalue weighted by molar-refractivity contribution is 4.62. The Balaban J connectivity index is 3.15. The molecule has 0 amide bonds. The van der Waals surface area contributed by atoms with Gasteiger partial charge in [-0.2, -0.15) is 0 Å². The van der Waals surface area contributed by atoms with E-state index < -0.39 is 0 Å². The van der Waals surface area contributed by atoms with Gasteiger partial charge in [0.05, 0.1) is 0 Å². The molecular formula is C7H17NO. The lowest BCUT2D eigenvalue weighted by molar-refractivity contribution is 0.265. The van der Waals surface area contributed by atoms with Crippen LogP contribution in [0.5, 0.6) is 0 Å². The first-order valence-electron chi connectivity index (χ1n) is 3.53. The quantitative estimate of drug-likeness (QED) is 0.590. The van der Waals surface area contributed by atoms with Crippen molar-refractivity contribution in [2.45, 2.75) is 39.3 Å². The van der Waals surface area contributed by atoms with Crippen molar-refractivity contribution in [3.63, 3.8) is 0 Å². The Bertz CT molecular complexity index is 63.9. The predicted octanol–water partition coefficient (Wildman–Crippen LogP) is 0.755. The number of hydrogen-bond donors (Lipinski definition) is 2. The van der Waals surface area contributed by atoms with E-state index in [4.69, 9.17) is 5.11 Å². The lowest BCUT2D eigenvalue weighted by atomic mass is 10.2. The van der Waals surface area contributed by atoms with E-state index in [1.807, 2.05) is 0 Å². The maximum atomic E-state index is 8.51. The molecule has 1 atom stereocenters. The minimum Gasteiger partial charge on any atom is -0.396 e. The van der Waals surface area contributed by atoms with Gasteiger partial charge in [0.2, 0.25) is 0 Å². The van der Waals surface area contributed by atoms with Crippen LogP contribution in [0.3, 0.4) is 0 Å². The lowest BCUT2D eigenvalue weighted by Crippen LogP contribution is -2.32. The van der Waals surface area contributed by atoms with Gasteiger partial charge in [-0.1, -0.05) is 13.8 Å². The van der Waals surface area contributed by atoms with Crippen LogP contribution in [-0.4, -0.2) is 23.8 Å². The molecule has 0 aliphatic rings. The molecule has 2 nitrogen and oxygen atoms in total. The van der Waals surface area contributed by atoms with Gasteiger partial charge in [-0.15, -0.1) is 0 Å². The predicted molar refractivity (Wildman–Crippen MR) is 39.4 cm³/mol. The average Bonchev–Trinajstić information content (AvgIpc) is 1.63. The number of aliphatic hydroxyl groups is 1. The highest BCUT2D eigenvalue weighted by atomic mass is 16.3. The summed E-state index contributed by atoms with van der Waals surface area (Å²) in [6.07, 6.45) is 0.845. The SMILES string of the molecule is CC(C)N[C@H](C)CCO. The molecule has 2 N–H and O–H groups in total. The fourth-order valence-corrected chi connectivity index (χ4v) is 0.846. The van der Waals surface area contributed by atoms with Gasteiger partial charge in [-0.05, 0) is 13.3 Å². The van der Waals surface area contributed by atoms with Crippen molar-refractivity contribution in [2.24, 2.45) is 0 Å². The van der Waals surface area contributed by atoms with E-state index in [1.165, 1.54) is 0 Å². The smallest absolute Gasteiger partial charge is 0.0445 e. The zero-order chi connectivity index (χ0) is 7.28. The van der Waals surface area contributed by atoms with E-state index in [0.29, 0.717) is 12.1 Å². The molecule has 0 fully saturated rings. The van der Waals surface area contributed by atoms with Gasteiger partial charge in [0.15, 0.2) is 0 Å². The highest BCUT2D eigenvalue weighted by Crippen LogP contribution is 1.90. The third-order valence-corrected chi connectivity index (χ3v) is 1.18. The second kappa shape index (κ2) is 4.77. The Hall–Kier alpha value is -0.0800. The summed E-state index contributed by atoms with van der Waals surface area (Å²) in [6.45, 7) is 6.57. The van der Waals surface area contributed by atoms with Crippen LogP contribution < -0.4 is 5.32 Å². The first kappa shape index (κ1) is 8.92. The number of hydrogen-bond acceptors (Lipinski definition) is 2. The first-order valence-corrected chi connectivity index (χ1v) is 3.53. The third-order valence-electron chi connectivity index (χ3n) is 1.18. The molecule has 0 aromatic heterocycles. The monoisotopic (exact) mass is 131 g/mol. The van der Waals surface area contributed by atoms with Crippen LogP contribution in [0.2, 0.25) is 0 Å². The summed E-state index contributed by atoms with van der Waals surface area (Å²) in [5.41, 5.74) is 0. The van der Waals surface area contributed by atoms with Crippen molar-refractivity contribution in [1.82, 2.24) is 5.32 Å². The Morgan fingerprint density at radius 2 is 1.89 bits per heavy atom. The molecule has 0 unspecified atom stereocenters. The molecule has 0 rings (SSSR count). The number of rotatable bonds is 4. The van der Waals surface area contributed by atoms with Crippen molar-refractivity contribution in [3.8, 4) is 0 Å². The van der Waals surface area contributed by atoms with Crippen LogP contribution in [0.4, 0.5) is 0 Å². The molecule has 9 heavy (non-hydrogen) atoms. The average molecular weight is 131 g/mol. The van der Waals surface area contributed by atoms with Gasteiger partial charge >= 0.3 is 0 Å². The molecular weight excluding hydrogens is 114 g/mol. The molecule has 56 valence electrons. The van der Waals surface area contributed by atoms with Crippen LogP contribution >= 0.6 is 0 Å². The Labute approximate surface area is 57.3 Å². The summed E-state index contributed by atoms with van der Waals surface area (Å²) < 4.78 is 0. The molecule has 0 aliphatic carbocycles. The molecule has 0 heterocycles. The van der Waals surface area contributed by atoms with Gasteiger partial charge in [0.1, 0.15) is 0 Å². The zero-order valence-electron chi connectivity index (χ0n) is 6.52. The molecule has 0 aromatic carbocycles. The van der Waals surface area contributed by atoms with E-state index in [9.17, 15) is 0 Å². The molecule has 0 aromatic rings. The standard InChI is InChI=1S/C7H17NO/c1-6(2)8-7(3)4-5-9/h6-9H,4-5H2,1-3H3/t7-/m1/s1. The Kier molecular flexibility index (Phi) is 4.72. The van der Waals surface area contributed by atoms with E-state index in [1.54, 1.807) is 0 Å². The summed E-state index contributed by atoms with van der Waals surface area (Å²) in [7, 11) is 0. The van der Waals surface area contributed by atoms with E-state index in [0.717, 1.165) is 6.42 Å². The largest absolute Gasteiger partial charge is 0.396 e. The first-order chi connectivity index (χ1) is 4.16. The maximum absolute atomic E-state index is 8.51. The topological polar surface area (TPSA) is 32.3 Å². The van der Waals surface area contributed by atoms with E-state index in [-0.39, 0.29) is 6.61 Å². The van der Waals surface area contributed by atoms with Crippen molar-refractivity contribution in [2.75, 3.05) is 6.61 Å². The van der Waals surface area contributed by atoms with Crippen LogP contribution in [0.15, 0.2) is 0 Å². The molecule has 0 saturated carbocycles. The van der Waals surface area contributed by atoms with Gasteiger partial charge in [0, 0.05) is 18.7 Å². The van der Waals surface area contributed by atoms with E-state index >= 15 is 0 Å². The van der Waals surface area contributed by atoms with Crippen molar-refractivity contribution in [1.29, 1.82) is 0 Å². The highest BCUT2D eigenvalue weighted by Gasteiger charge is 2.00. The normalized spacial score (nSPS) is 14.3. The molecule has 0 bridgehead atoms. The molecule has 0 aliphatic heterocycles. The van der Waals surface area contributed by atoms with Gasteiger partial charge < -0.3 is 10.4 Å². The fourth-order valence-electron chi connectivity index (χ4n) is 0.846. The Morgan fingerprint density at radius 1 is 1.33 bits per heavy atom. The van der Waals surface area contributed by atoms with Crippen LogP contribution in [0.1, 0.15) is 27.2 Å². The van der Waals surface area contributed by atoms with Crippen LogP contribution in [-0.2, 0) is 0 Å². The third kappa shape index (κ3) is 5.80. The summed E-state index contributed by atoms with van der Waals surface area (Å²) in [6, 6.07) is 0.960. The Morgan fingerprint density at radius 3 is 2.22 bits per heavy atom. The molecule has 0 radical (unpaired) electrons. The maximum Gasteiger partial charge on any atom is 0.0445 e. The van der Waals surface area contributed by atoms with Crippen molar-refractivity contribution < 1.29 is 5.11 Å². The zero-order valence-corrected chi connectivity index (χ0v) is 6.52. The summed E-state index contributed by atoms with van der Waals surface area (Å²) in [4.78, 5) is 0. The van der Waals surface area contributed by atoms with Gasteiger partial charge in [-0.25, -0.2) is 0 Å². The number of aliphatic hydroxyl groups excluding tert-OH is 1. The summed E-state index contributed by atoms with van der Waals surface area (Å²) in [5.74, 6) is 0. The summed E-state index contributed by atoms with van der Waals surface area (Å²) >= 11 is 0. The van der Waals surface area contributed by atoms with Crippen molar-refractivity contribution in [3.05, 3.63) is 0 Å². The van der Waals surface area contributed by atoms with Crippen LogP contribution in [0, 0.1) is 0 Å². The minimum absolute atomic E-state index is 0.279. The minimum atomic E-state index is 0.279. The second-order valence-electron chi connectivity index (χ2n) is 2.73. The van der Waals surface area contributed by atoms with Crippen molar-refractivity contribution >= 4 is 0 Å². The molecule has 0 saturated heterocycles. The van der Waals surface area contributed by atoms with Gasteiger partial charge in [-0.3, -0.25) is 0 Å². The van der Waals surface area contributed by atoms with Crippen LogP contribution in [0.25, 0.3) is 0 Å². The fraction of sp³-hybridized carbons (Fsp3) is 1.00. The van der Waals surface area contributed by atoms with Gasteiger partial charge in [0.25, 0.3) is 0 Å². The molecule has 0 spiro atoms. The lowest BCUT2D eigenvalue weighted by Gasteiger charge is -2.14. The number of nitrogens with one attached hydrogen (secondary N) is 1. The molecule has 2 heteroatoms. The second-order valence-corrected chi connectivity index (χ2v) is 2.73. The van der Waals surface area contributed by atoms with E-state index in [2.05, 4.69) is 26.1 Å². The summed E-state index contributed by atoms with van der Waals surface area (Å²) in [5, 5.41) is 11.8.